The second-order valence-corrected chi connectivity index (χ2v) is 14.1. The van der Waals surface area contributed by atoms with Gasteiger partial charge < -0.3 is 14.5 Å². The summed E-state index contributed by atoms with van der Waals surface area (Å²) in [7, 11) is 0. The molecular weight excluding hydrogens is 668 g/mol. The first-order valence-electron chi connectivity index (χ1n) is 17.9. The second kappa shape index (κ2) is 12.7. The summed E-state index contributed by atoms with van der Waals surface area (Å²) in [6.07, 6.45) is 3.37. The van der Waals surface area contributed by atoms with E-state index in [1.54, 1.807) is 18.2 Å². The molecule has 2 amide bonds. The Morgan fingerprint density at radius 1 is 0.868 bits per heavy atom. The maximum absolute atomic E-state index is 15.5. The standard InChI is InChI=1S/C43H35FN6O3/c44-34-19-10-20-37-40(34)42(41(52)49(37)28-39(51)48-23-11-18-32(48)26-45)24-33(25-42)53-38-22-21-35-36(46-38)27-50(47-35)43(29-12-4-1-5-13-29,30-14-6-2-7-15-30)31-16-8-3-9-17-31/h1-10,12-17,19-22,27,32-33H,11,18,23-25,28H2/t32-,33?,42?/m0/s1. The lowest BCUT2D eigenvalue weighted by molar-refractivity contribution is -0.134. The molecular formula is C43H35FN6O3. The van der Waals surface area contributed by atoms with Crippen molar-refractivity contribution in [2.24, 2.45) is 0 Å². The minimum absolute atomic E-state index is 0.237. The molecule has 0 radical (unpaired) electrons. The number of aromatic nitrogens is 3. The Hall–Kier alpha value is -6.34. The summed E-state index contributed by atoms with van der Waals surface area (Å²) in [6.45, 7) is 0.234. The van der Waals surface area contributed by atoms with Gasteiger partial charge in [-0.15, -0.1) is 0 Å². The highest BCUT2D eigenvalue weighted by atomic mass is 19.1. The fourth-order valence-electron chi connectivity index (χ4n) is 8.68. The monoisotopic (exact) mass is 702 g/mol. The van der Waals surface area contributed by atoms with Gasteiger partial charge >= 0.3 is 0 Å². The van der Waals surface area contributed by atoms with E-state index in [4.69, 9.17) is 14.8 Å². The van der Waals surface area contributed by atoms with Gasteiger partial charge in [0, 0.05) is 31.0 Å². The summed E-state index contributed by atoms with van der Waals surface area (Å²) in [6, 6.07) is 40.8. The molecule has 9 nitrogen and oxygen atoms in total. The Morgan fingerprint density at radius 2 is 1.51 bits per heavy atom. The van der Waals surface area contributed by atoms with Gasteiger partial charge in [-0.25, -0.2) is 9.37 Å². The number of amides is 2. The Balaban J connectivity index is 1.01. The number of halogens is 1. The fourth-order valence-corrected chi connectivity index (χ4v) is 8.68. The van der Waals surface area contributed by atoms with Gasteiger partial charge in [0.2, 0.25) is 17.7 Å². The first-order chi connectivity index (χ1) is 25.9. The zero-order valence-electron chi connectivity index (χ0n) is 28.8. The number of ether oxygens (including phenoxy) is 1. The SMILES string of the molecule is N#C[C@@H]1CCCN1C(=O)CN1C(=O)C2(CC(Oc3ccc4nn(C(c5ccccc5)(c5ccccc5)c5ccccc5)cc4n3)C2)c2c(F)cccc21. The van der Waals surface area contributed by atoms with Gasteiger partial charge in [-0.2, -0.15) is 10.4 Å². The molecule has 1 aliphatic carbocycles. The number of fused-ring (bicyclic) bond motifs is 3. The highest BCUT2D eigenvalue weighted by Crippen LogP contribution is 2.55. The Bertz CT molecular complexity index is 2290. The molecule has 262 valence electrons. The van der Waals surface area contributed by atoms with Gasteiger partial charge in [-0.1, -0.05) is 97.1 Å². The number of rotatable bonds is 8. The van der Waals surface area contributed by atoms with Crippen molar-refractivity contribution in [2.75, 3.05) is 18.0 Å². The van der Waals surface area contributed by atoms with Crippen LogP contribution in [0.2, 0.25) is 0 Å². The lowest BCUT2D eigenvalue weighted by Gasteiger charge is -2.43. The van der Waals surface area contributed by atoms with Crippen LogP contribution in [0, 0.1) is 17.1 Å². The lowest BCUT2D eigenvalue weighted by Crippen LogP contribution is -2.55. The molecule has 10 heteroatoms. The molecule has 2 fully saturated rings. The van der Waals surface area contributed by atoms with E-state index in [1.807, 2.05) is 71.5 Å². The zero-order valence-corrected chi connectivity index (χ0v) is 28.8. The molecule has 1 atom stereocenters. The number of hydrogen-bond donors (Lipinski definition) is 0. The van der Waals surface area contributed by atoms with Crippen molar-refractivity contribution in [3.63, 3.8) is 0 Å². The Morgan fingerprint density at radius 3 is 2.13 bits per heavy atom. The molecule has 0 bridgehead atoms. The smallest absolute Gasteiger partial charge is 0.243 e. The van der Waals surface area contributed by atoms with Gasteiger partial charge in [0.1, 0.15) is 41.1 Å². The molecule has 2 aromatic heterocycles. The van der Waals surface area contributed by atoms with E-state index in [0.29, 0.717) is 41.1 Å². The Kier molecular flexibility index (Phi) is 7.81. The third-order valence-electron chi connectivity index (χ3n) is 11.1. The number of pyridine rings is 1. The number of likely N-dealkylation sites (tertiary alicyclic amines) is 1. The van der Waals surface area contributed by atoms with E-state index >= 15 is 4.39 Å². The maximum Gasteiger partial charge on any atom is 0.243 e. The number of carbonyl (C=O) groups is 2. The van der Waals surface area contributed by atoms with Crippen molar-refractivity contribution >= 4 is 28.5 Å². The first-order valence-corrected chi connectivity index (χ1v) is 17.9. The largest absolute Gasteiger partial charge is 0.474 e. The van der Waals surface area contributed by atoms with Crippen molar-refractivity contribution in [3.05, 3.63) is 156 Å². The van der Waals surface area contributed by atoms with Crippen molar-refractivity contribution in [1.82, 2.24) is 19.7 Å². The van der Waals surface area contributed by atoms with Crippen LogP contribution in [0.25, 0.3) is 11.0 Å². The van der Waals surface area contributed by atoms with Crippen LogP contribution in [0.15, 0.2) is 128 Å². The second-order valence-electron chi connectivity index (χ2n) is 14.1. The molecule has 0 N–H and O–H groups in total. The van der Waals surface area contributed by atoms with Crippen LogP contribution in [0.1, 0.15) is 47.9 Å². The van der Waals surface area contributed by atoms with Crippen LogP contribution in [0.3, 0.4) is 0 Å². The number of nitriles is 1. The zero-order chi connectivity index (χ0) is 36.2. The molecule has 53 heavy (non-hydrogen) atoms. The third kappa shape index (κ3) is 5.10. The van der Waals surface area contributed by atoms with E-state index in [9.17, 15) is 14.9 Å². The predicted molar refractivity (Wildman–Crippen MR) is 197 cm³/mol. The van der Waals surface area contributed by atoms with Crippen molar-refractivity contribution in [1.29, 1.82) is 5.26 Å². The number of anilines is 1. The van der Waals surface area contributed by atoms with E-state index in [0.717, 1.165) is 23.1 Å². The van der Waals surface area contributed by atoms with E-state index in [-0.39, 0.29) is 31.2 Å². The van der Waals surface area contributed by atoms with E-state index < -0.39 is 28.9 Å². The summed E-state index contributed by atoms with van der Waals surface area (Å²) < 4.78 is 23.9. The molecule has 1 saturated carbocycles. The number of carbonyl (C=O) groups excluding carboxylic acids is 2. The van der Waals surface area contributed by atoms with Crippen molar-refractivity contribution < 1.29 is 18.7 Å². The maximum atomic E-state index is 15.5. The van der Waals surface area contributed by atoms with Crippen LogP contribution < -0.4 is 9.64 Å². The van der Waals surface area contributed by atoms with Crippen molar-refractivity contribution in [2.45, 2.75) is 48.8 Å². The molecule has 3 aliphatic rings. The molecule has 6 aromatic rings. The summed E-state index contributed by atoms with van der Waals surface area (Å²) in [5, 5.41) is 14.6. The van der Waals surface area contributed by atoms with Crippen LogP contribution in [0.5, 0.6) is 5.88 Å². The summed E-state index contributed by atoms with van der Waals surface area (Å²) in [5.41, 5.74) is 3.21. The minimum Gasteiger partial charge on any atom is -0.474 e. The van der Waals surface area contributed by atoms with Crippen molar-refractivity contribution in [3.8, 4) is 11.9 Å². The molecule has 4 heterocycles. The van der Waals surface area contributed by atoms with E-state index in [1.165, 1.54) is 15.9 Å². The molecule has 4 aromatic carbocycles. The molecule has 0 unspecified atom stereocenters. The number of hydrogen-bond acceptors (Lipinski definition) is 6. The molecule has 1 saturated heterocycles. The number of nitrogens with zero attached hydrogens (tertiary/aromatic N) is 6. The predicted octanol–water partition coefficient (Wildman–Crippen LogP) is 6.75. The van der Waals surface area contributed by atoms with Crippen LogP contribution >= 0.6 is 0 Å². The fraction of sp³-hybridized carbons (Fsp3) is 0.233. The summed E-state index contributed by atoms with van der Waals surface area (Å²) in [5.74, 6) is -0.728. The molecule has 2 aliphatic heterocycles. The minimum atomic E-state index is -1.14. The van der Waals surface area contributed by atoms with Crippen LogP contribution in [0.4, 0.5) is 10.1 Å². The normalized spacial score (nSPS) is 20.7. The van der Waals surface area contributed by atoms with Gasteiger partial charge in [0.05, 0.1) is 23.4 Å². The summed E-state index contributed by atoms with van der Waals surface area (Å²) >= 11 is 0. The quantitative estimate of drug-likeness (QED) is 0.163. The first kappa shape index (κ1) is 32.6. The molecule has 9 rings (SSSR count). The lowest BCUT2D eigenvalue weighted by atomic mass is 9.63. The van der Waals surface area contributed by atoms with Crippen LogP contribution in [-0.2, 0) is 20.5 Å². The summed E-state index contributed by atoms with van der Waals surface area (Å²) in [4.78, 5) is 35.2. The van der Waals surface area contributed by atoms with E-state index in [2.05, 4.69) is 42.5 Å². The highest BCUT2D eigenvalue weighted by Gasteiger charge is 2.61. The topological polar surface area (TPSA) is 104 Å². The van der Waals surface area contributed by atoms with Gasteiger partial charge in [0.15, 0.2) is 0 Å². The average Bonchev–Trinajstić information content (AvgIpc) is 3.89. The number of benzene rings is 4. The molecule has 1 spiro atoms. The van der Waals surface area contributed by atoms with Crippen LogP contribution in [-0.4, -0.2) is 56.7 Å². The average molecular weight is 703 g/mol. The third-order valence-corrected chi connectivity index (χ3v) is 11.1. The van der Waals surface area contributed by atoms with Gasteiger partial charge in [-0.05, 0) is 47.7 Å². The van der Waals surface area contributed by atoms with Gasteiger partial charge in [-0.3, -0.25) is 14.3 Å². The highest BCUT2D eigenvalue weighted by molar-refractivity contribution is 6.11. The van der Waals surface area contributed by atoms with Gasteiger partial charge in [0.25, 0.3) is 0 Å². The Labute approximate surface area is 305 Å².